The van der Waals surface area contributed by atoms with Gasteiger partial charge in [0, 0.05) is 31.0 Å². The number of aryl methyl sites for hydroxylation is 1. The zero-order valence-electron chi connectivity index (χ0n) is 11.3. The van der Waals surface area contributed by atoms with Crippen LogP contribution in [0.5, 0.6) is 0 Å². The maximum atomic E-state index is 13.1. The molecule has 0 bridgehead atoms. The minimum absolute atomic E-state index is 0.0570. The van der Waals surface area contributed by atoms with Gasteiger partial charge >= 0.3 is 0 Å². The smallest absolute Gasteiger partial charge is 0.254 e. The molecule has 1 unspecified atom stereocenters. The summed E-state index contributed by atoms with van der Waals surface area (Å²) in [4.78, 5) is 25.8. The highest BCUT2D eigenvalue weighted by Gasteiger charge is 2.29. The van der Waals surface area contributed by atoms with Gasteiger partial charge < -0.3 is 4.90 Å². The number of carbonyl (C=O) groups excluding carboxylic acids is 2. The molecule has 102 valence electrons. The van der Waals surface area contributed by atoms with Gasteiger partial charge in [0.15, 0.2) is 0 Å². The Morgan fingerprint density at radius 3 is 2.84 bits per heavy atom. The molecule has 1 aliphatic rings. The average Bonchev–Trinajstić information content (AvgIpc) is 2.38. The van der Waals surface area contributed by atoms with Gasteiger partial charge in [-0.1, -0.05) is 6.92 Å². The average molecular weight is 263 g/mol. The minimum atomic E-state index is -0.339. The largest absolute Gasteiger partial charge is 0.337 e. The summed E-state index contributed by atoms with van der Waals surface area (Å²) >= 11 is 0. The van der Waals surface area contributed by atoms with E-state index in [-0.39, 0.29) is 23.4 Å². The predicted octanol–water partition coefficient (Wildman–Crippen LogP) is 2.58. The molecule has 1 heterocycles. The molecule has 0 spiro atoms. The summed E-state index contributed by atoms with van der Waals surface area (Å²) in [6.07, 6.45) is 1.18. The Bertz CT molecular complexity index is 513. The maximum Gasteiger partial charge on any atom is 0.254 e. The van der Waals surface area contributed by atoms with Crippen LogP contribution in [0.3, 0.4) is 0 Å². The lowest BCUT2D eigenvalue weighted by Gasteiger charge is -2.31. The summed E-state index contributed by atoms with van der Waals surface area (Å²) in [5.74, 6) is -0.265. The van der Waals surface area contributed by atoms with Crippen molar-refractivity contribution in [3.63, 3.8) is 0 Å². The van der Waals surface area contributed by atoms with Gasteiger partial charge in [-0.15, -0.1) is 0 Å². The number of rotatable bonds is 2. The number of benzene rings is 1. The van der Waals surface area contributed by atoms with E-state index in [4.69, 9.17) is 0 Å². The Hall–Kier alpha value is -1.71. The third-order valence-electron chi connectivity index (χ3n) is 3.72. The summed E-state index contributed by atoms with van der Waals surface area (Å²) in [5.41, 5.74) is 1.15. The van der Waals surface area contributed by atoms with Crippen molar-refractivity contribution in [2.24, 2.45) is 5.92 Å². The summed E-state index contributed by atoms with van der Waals surface area (Å²) in [7, 11) is 0. The SMILES string of the molecule is CCC1CN(C(=O)c2ccc(F)cc2C)CCC1=O. The molecule has 3 nitrogen and oxygen atoms in total. The van der Waals surface area contributed by atoms with E-state index in [0.717, 1.165) is 6.42 Å². The van der Waals surface area contributed by atoms with Crippen molar-refractivity contribution in [3.8, 4) is 0 Å². The summed E-state index contributed by atoms with van der Waals surface area (Å²) in [5, 5.41) is 0. The van der Waals surface area contributed by atoms with Gasteiger partial charge in [0.1, 0.15) is 11.6 Å². The number of Topliss-reactive ketones (excluding diaryl/α,β-unsaturated/α-hetero) is 1. The lowest BCUT2D eigenvalue weighted by Crippen LogP contribution is -2.44. The molecule has 1 aromatic carbocycles. The van der Waals surface area contributed by atoms with Crippen molar-refractivity contribution in [1.82, 2.24) is 4.90 Å². The predicted molar refractivity (Wildman–Crippen MR) is 70.4 cm³/mol. The normalized spacial score (nSPS) is 19.6. The first kappa shape index (κ1) is 13.7. The van der Waals surface area contributed by atoms with E-state index >= 15 is 0 Å². The second kappa shape index (κ2) is 5.51. The molecule has 1 aromatic rings. The van der Waals surface area contributed by atoms with Gasteiger partial charge in [-0.2, -0.15) is 0 Å². The minimum Gasteiger partial charge on any atom is -0.337 e. The van der Waals surface area contributed by atoms with Crippen LogP contribution in [-0.4, -0.2) is 29.7 Å². The number of nitrogens with zero attached hydrogens (tertiary/aromatic N) is 1. The first-order chi connectivity index (χ1) is 9.02. The quantitative estimate of drug-likeness (QED) is 0.822. The van der Waals surface area contributed by atoms with Gasteiger partial charge in [0.25, 0.3) is 5.91 Å². The number of hydrogen-bond acceptors (Lipinski definition) is 2. The number of likely N-dealkylation sites (tertiary alicyclic amines) is 1. The zero-order chi connectivity index (χ0) is 14.0. The second-order valence-electron chi connectivity index (χ2n) is 5.03. The third-order valence-corrected chi connectivity index (χ3v) is 3.72. The van der Waals surface area contributed by atoms with Gasteiger partial charge in [0.2, 0.25) is 0 Å². The summed E-state index contributed by atoms with van der Waals surface area (Å²) in [6, 6.07) is 4.18. The molecule has 4 heteroatoms. The molecule has 1 fully saturated rings. The molecule has 1 amide bonds. The molecule has 0 saturated carbocycles. The Morgan fingerprint density at radius 1 is 1.47 bits per heavy atom. The Kier molecular flexibility index (Phi) is 3.98. The molecule has 19 heavy (non-hydrogen) atoms. The van der Waals surface area contributed by atoms with Gasteiger partial charge in [-0.25, -0.2) is 4.39 Å². The van der Waals surface area contributed by atoms with Crippen LogP contribution in [0.2, 0.25) is 0 Å². The van der Waals surface area contributed by atoms with Crippen molar-refractivity contribution >= 4 is 11.7 Å². The van der Waals surface area contributed by atoms with E-state index in [0.29, 0.717) is 30.6 Å². The lowest BCUT2D eigenvalue weighted by molar-refractivity contribution is -0.125. The van der Waals surface area contributed by atoms with Gasteiger partial charge in [0.05, 0.1) is 0 Å². The first-order valence-electron chi connectivity index (χ1n) is 6.61. The number of carbonyl (C=O) groups is 2. The highest BCUT2D eigenvalue weighted by Crippen LogP contribution is 2.20. The Morgan fingerprint density at radius 2 is 2.21 bits per heavy atom. The summed E-state index contributed by atoms with van der Waals surface area (Å²) in [6.45, 7) is 4.62. The number of halogens is 1. The van der Waals surface area contributed by atoms with Crippen LogP contribution in [0, 0.1) is 18.7 Å². The van der Waals surface area contributed by atoms with E-state index in [2.05, 4.69) is 0 Å². The van der Waals surface area contributed by atoms with Crippen LogP contribution in [0.4, 0.5) is 4.39 Å². The monoisotopic (exact) mass is 263 g/mol. The molecule has 1 atom stereocenters. The fraction of sp³-hybridized carbons (Fsp3) is 0.467. The van der Waals surface area contributed by atoms with Gasteiger partial charge in [-0.05, 0) is 37.1 Å². The van der Waals surface area contributed by atoms with E-state index in [9.17, 15) is 14.0 Å². The van der Waals surface area contributed by atoms with Crippen LogP contribution in [0.25, 0.3) is 0 Å². The van der Waals surface area contributed by atoms with Crippen LogP contribution < -0.4 is 0 Å². The van der Waals surface area contributed by atoms with Crippen molar-refractivity contribution < 1.29 is 14.0 Å². The number of piperidine rings is 1. The summed E-state index contributed by atoms with van der Waals surface area (Å²) < 4.78 is 13.1. The molecule has 2 rings (SSSR count). The van der Waals surface area contributed by atoms with Crippen LogP contribution in [-0.2, 0) is 4.79 Å². The third kappa shape index (κ3) is 2.83. The second-order valence-corrected chi connectivity index (χ2v) is 5.03. The topological polar surface area (TPSA) is 37.4 Å². The number of amides is 1. The highest BCUT2D eigenvalue weighted by atomic mass is 19.1. The number of hydrogen-bond donors (Lipinski definition) is 0. The van der Waals surface area contributed by atoms with E-state index in [1.54, 1.807) is 11.8 Å². The Balaban J connectivity index is 2.18. The fourth-order valence-electron chi connectivity index (χ4n) is 2.49. The van der Waals surface area contributed by atoms with Crippen LogP contribution in [0.15, 0.2) is 18.2 Å². The molecule has 0 radical (unpaired) electrons. The van der Waals surface area contributed by atoms with E-state index in [1.165, 1.54) is 18.2 Å². The Labute approximate surface area is 112 Å². The van der Waals surface area contributed by atoms with E-state index in [1.807, 2.05) is 6.92 Å². The molecular weight excluding hydrogens is 245 g/mol. The zero-order valence-corrected chi connectivity index (χ0v) is 11.3. The van der Waals surface area contributed by atoms with Crippen molar-refractivity contribution in [1.29, 1.82) is 0 Å². The number of ketones is 1. The van der Waals surface area contributed by atoms with Crippen LogP contribution >= 0.6 is 0 Å². The van der Waals surface area contributed by atoms with Crippen LogP contribution in [0.1, 0.15) is 35.7 Å². The first-order valence-corrected chi connectivity index (χ1v) is 6.61. The standard InChI is InChI=1S/C15H18FNO2/c1-3-11-9-17(7-6-14(11)18)15(19)13-5-4-12(16)8-10(13)2/h4-5,8,11H,3,6-7,9H2,1-2H3. The molecule has 0 aromatic heterocycles. The molecular formula is C15H18FNO2. The maximum absolute atomic E-state index is 13.1. The molecule has 1 aliphatic heterocycles. The van der Waals surface area contributed by atoms with Crippen molar-refractivity contribution in [3.05, 3.63) is 35.1 Å². The fourth-order valence-corrected chi connectivity index (χ4v) is 2.49. The molecule has 0 N–H and O–H groups in total. The van der Waals surface area contributed by atoms with E-state index < -0.39 is 0 Å². The van der Waals surface area contributed by atoms with Crippen molar-refractivity contribution in [2.75, 3.05) is 13.1 Å². The van der Waals surface area contributed by atoms with Crippen molar-refractivity contribution in [2.45, 2.75) is 26.7 Å². The molecule has 0 aliphatic carbocycles. The lowest BCUT2D eigenvalue weighted by atomic mass is 9.93. The molecule has 1 saturated heterocycles. The highest BCUT2D eigenvalue weighted by molar-refractivity contribution is 5.97. The van der Waals surface area contributed by atoms with Gasteiger partial charge in [-0.3, -0.25) is 9.59 Å².